The van der Waals surface area contributed by atoms with Crippen molar-refractivity contribution in [2.24, 2.45) is 0 Å². The molecule has 0 aromatic heterocycles. The largest absolute Gasteiger partial charge is 0.507 e. The lowest BCUT2D eigenvalue weighted by Gasteiger charge is -2.25. The molecule has 1 heterocycles. The van der Waals surface area contributed by atoms with Crippen LogP contribution in [-0.2, 0) is 9.59 Å². The zero-order valence-electron chi connectivity index (χ0n) is 16.2. The number of carbonyl (C=O) groups is 2. The highest BCUT2D eigenvalue weighted by Gasteiger charge is 2.47. The van der Waals surface area contributed by atoms with Gasteiger partial charge in [-0.3, -0.25) is 24.6 Å². The molecule has 0 spiro atoms. The molecule has 32 heavy (non-hydrogen) atoms. The van der Waals surface area contributed by atoms with Crippen LogP contribution in [0.25, 0.3) is 5.76 Å². The van der Waals surface area contributed by atoms with Gasteiger partial charge in [-0.15, -0.1) is 0 Å². The van der Waals surface area contributed by atoms with Gasteiger partial charge in [0.25, 0.3) is 17.4 Å². The summed E-state index contributed by atoms with van der Waals surface area (Å²) in [6.45, 7) is 0. The van der Waals surface area contributed by atoms with Crippen LogP contribution in [0.4, 0.5) is 15.8 Å². The molecule has 1 N–H and O–H groups in total. The Labute approximate surface area is 186 Å². The summed E-state index contributed by atoms with van der Waals surface area (Å²) >= 11 is 5.90. The van der Waals surface area contributed by atoms with Gasteiger partial charge in [0.15, 0.2) is 0 Å². The zero-order valence-corrected chi connectivity index (χ0v) is 17.0. The van der Waals surface area contributed by atoms with Crippen molar-refractivity contribution in [2.45, 2.75) is 6.04 Å². The van der Waals surface area contributed by atoms with E-state index < -0.39 is 34.2 Å². The summed E-state index contributed by atoms with van der Waals surface area (Å²) in [7, 11) is 0. The van der Waals surface area contributed by atoms with Crippen molar-refractivity contribution in [3.63, 3.8) is 0 Å². The van der Waals surface area contributed by atoms with E-state index >= 15 is 0 Å². The summed E-state index contributed by atoms with van der Waals surface area (Å²) in [5.41, 5.74) is 0.473. The van der Waals surface area contributed by atoms with Crippen LogP contribution in [0.3, 0.4) is 0 Å². The summed E-state index contributed by atoms with van der Waals surface area (Å²) in [5, 5.41) is 22.4. The predicted molar refractivity (Wildman–Crippen MR) is 116 cm³/mol. The molecule has 1 fully saturated rings. The number of nitro groups is 1. The van der Waals surface area contributed by atoms with Gasteiger partial charge >= 0.3 is 0 Å². The molecule has 7 nitrogen and oxygen atoms in total. The third kappa shape index (κ3) is 3.72. The Morgan fingerprint density at radius 1 is 0.969 bits per heavy atom. The van der Waals surface area contributed by atoms with Crippen LogP contribution in [0.5, 0.6) is 0 Å². The Morgan fingerprint density at radius 3 is 2.12 bits per heavy atom. The third-order valence-electron chi connectivity index (χ3n) is 5.09. The van der Waals surface area contributed by atoms with Gasteiger partial charge in [-0.25, -0.2) is 4.39 Å². The SMILES string of the molecule is O=C1C(=O)N(c2ccc(F)cc2)[C@H](c2ccc([N+](=O)[O-])cc2)C1=C(O)c1ccc(Cl)cc1. The molecule has 0 aliphatic carbocycles. The minimum atomic E-state index is -1.09. The van der Waals surface area contributed by atoms with Gasteiger partial charge in [0.2, 0.25) is 0 Å². The average Bonchev–Trinajstić information content (AvgIpc) is 3.05. The van der Waals surface area contributed by atoms with E-state index in [0.29, 0.717) is 10.6 Å². The Kier molecular flexibility index (Phi) is 5.46. The monoisotopic (exact) mass is 452 g/mol. The Bertz CT molecular complexity index is 1260. The van der Waals surface area contributed by atoms with Crippen LogP contribution in [-0.4, -0.2) is 21.7 Å². The number of Topliss-reactive ketones (excluding diaryl/α,β-unsaturated/α-hetero) is 1. The van der Waals surface area contributed by atoms with Crippen molar-refractivity contribution in [3.05, 3.63) is 110 Å². The molecule has 0 unspecified atom stereocenters. The Balaban J connectivity index is 1.92. The van der Waals surface area contributed by atoms with Crippen molar-refractivity contribution < 1.29 is 24.0 Å². The van der Waals surface area contributed by atoms with Crippen LogP contribution in [0.15, 0.2) is 78.4 Å². The number of hydrogen-bond acceptors (Lipinski definition) is 5. The molecular weight excluding hydrogens is 439 g/mol. The van der Waals surface area contributed by atoms with E-state index in [1.807, 2.05) is 0 Å². The number of ketones is 1. The number of rotatable bonds is 4. The molecule has 1 atom stereocenters. The summed E-state index contributed by atoms with van der Waals surface area (Å²) in [6, 6.07) is 15.2. The molecule has 3 aromatic rings. The number of nitro benzene ring substituents is 1. The maximum Gasteiger partial charge on any atom is 0.300 e. The fourth-order valence-electron chi connectivity index (χ4n) is 3.56. The lowest BCUT2D eigenvalue weighted by Crippen LogP contribution is -2.29. The van der Waals surface area contributed by atoms with Crippen LogP contribution in [0.2, 0.25) is 5.02 Å². The van der Waals surface area contributed by atoms with Gasteiger partial charge in [-0.2, -0.15) is 0 Å². The van der Waals surface area contributed by atoms with Crippen LogP contribution in [0, 0.1) is 15.9 Å². The third-order valence-corrected chi connectivity index (χ3v) is 5.34. The predicted octanol–water partition coefficient (Wildman–Crippen LogP) is 5.01. The van der Waals surface area contributed by atoms with Crippen molar-refractivity contribution >= 4 is 40.4 Å². The van der Waals surface area contributed by atoms with Gasteiger partial charge in [0.1, 0.15) is 11.6 Å². The van der Waals surface area contributed by atoms with E-state index in [0.717, 1.165) is 17.0 Å². The summed E-state index contributed by atoms with van der Waals surface area (Å²) in [6.07, 6.45) is 0. The van der Waals surface area contributed by atoms with Crippen LogP contribution in [0.1, 0.15) is 17.2 Å². The first-order valence-corrected chi connectivity index (χ1v) is 9.72. The molecule has 1 amide bonds. The summed E-state index contributed by atoms with van der Waals surface area (Å²) in [5.74, 6) is -2.81. The molecular formula is C23H14ClFN2O5. The Morgan fingerprint density at radius 2 is 1.56 bits per heavy atom. The molecule has 160 valence electrons. The molecule has 3 aromatic carbocycles. The number of carbonyl (C=O) groups excluding carboxylic acids is 2. The molecule has 1 saturated heterocycles. The fourth-order valence-corrected chi connectivity index (χ4v) is 3.68. The number of hydrogen-bond donors (Lipinski definition) is 1. The van der Waals surface area contributed by atoms with Gasteiger partial charge in [0, 0.05) is 28.4 Å². The lowest BCUT2D eigenvalue weighted by molar-refractivity contribution is -0.384. The first kappa shape index (κ1) is 21.2. The van der Waals surface area contributed by atoms with E-state index in [4.69, 9.17) is 11.6 Å². The Hall–Kier alpha value is -4.04. The van der Waals surface area contributed by atoms with Gasteiger partial charge in [-0.05, 0) is 66.2 Å². The molecule has 4 rings (SSSR count). The van der Waals surface area contributed by atoms with E-state index in [-0.39, 0.29) is 22.5 Å². The minimum Gasteiger partial charge on any atom is -0.507 e. The number of non-ortho nitro benzene ring substituents is 1. The van der Waals surface area contributed by atoms with Crippen molar-refractivity contribution in [2.75, 3.05) is 4.90 Å². The van der Waals surface area contributed by atoms with Gasteiger partial charge < -0.3 is 5.11 Å². The fraction of sp³-hybridized carbons (Fsp3) is 0.0435. The summed E-state index contributed by atoms with van der Waals surface area (Å²) in [4.78, 5) is 37.5. The second-order valence-electron chi connectivity index (χ2n) is 7.00. The number of anilines is 1. The molecule has 0 radical (unpaired) electrons. The minimum absolute atomic E-state index is 0.176. The van der Waals surface area contributed by atoms with Crippen molar-refractivity contribution in [3.8, 4) is 0 Å². The number of aliphatic hydroxyl groups excluding tert-OH is 1. The van der Waals surface area contributed by atoms with Gasteiger partial charge in [-0.1, -0.05) is 11.6 Å². The van der Waals surface area contributed by atoms with Crippen LogP contribution >= 0.6 is 11.6 Å². The highest BCUT2D eigenvalue weighted by molar-refractivity contribution is 6.51. The average molecular weight is 453 g/mol. The van der Waals surface area contributed by atoms with Gasteiger partial charge in [0.05, 0.1) is 16.5 Å². The highest BCUT2D eigenvalue weighted by Crippen LogP contribution is 2.42. The number of nitrogens with zero attached hydrogens (tertiary/aromatic N) is 2. The standard InChI is InChI=1S/C23H14ClFN2O5/c24-15-5-1-14(2-6-15)21(28)19-20(13-3-9-18(10-4-13)27(31)32)26(23(30)22(19)29)17-11-7-16(25)8-12-17/h1-12,20,28H/t20-/m1/s1. The zero-order chi connectivity index (χ0) is 23.0. The lowest BCUT2D eigenvalue weighted by atomic mass is 9.95. The molecule has 0 bridgehead atoms. The van der Waals surface area contributed by atoms with E-state index in [2.05, 4.69) is 0 Å². The summed E-state index contributed by atoms with van der Waals surface area (Å²) < 4.78 is 13.5. The van der Waals surface area contributed by atoms with Crippen LogP contribution < -0.4 is 4.90 Å². The number of aliphatic hydroxyl groups is 1. The molecule has 1 aliphatic heterocycles. The second kappa shape index (κ2) is 8.24. The smallest absolute Gasteiger partial charge is 0.300 e. The van der Waals surface area contributed by atoms with Crippen molar-refractivity contribution in [1.82, 2.24) is 0 Å². The van der Waals surface area contributed by atoms with E-state index in [1.54, 1.807) is 0 Å². The number of benzene rings is 3. The maximum atomic E-state index is 13.5. The first-order valence-electron chi connectivity index (χ1n) is 9.35. The molecule has 9 heteroatoms. The van der Waals surface area contributed by atoms with E-state index in [1.165, 1.54) is 60.7 Å². The van der Waals surface area contributed by atoms with E-state index in [9.17, 15) is 29.2 Å². The highest BCUT2D eigenvalue weighted by atomic mass is 35.5. The number of halogens is 2. The quantitative estimate of drug-likeness (QED) is 0.197. The first-order chi connectivity index (χ1) is 15.3. The second-order valence-corrected chi connectivity index (χ2v) is 7.44. The normalized spacial score (nSPS) is 17.6. The molecule has 1 aliphatic rings. The topological polar surface area (TPSA) is 101 Å². The number of amides is 1. The van der Waals surface area contributed by atoms with Crippen molar-refractivity contribution in [1.29, 1.82) is 0 Å². The molecule has 0 saturated carbocycles. The maximum absolute atomic E-state index is 13.5.